The van der Waals surface area contributed by atoms with Crippen molar-refractivity contribution in [1.82, 2.24) is 19.9 Å². The molecule has 13 heteroatoms. The van der Waals surface area contributed by atoms with E-state index in [1.807, 2.05) is 19.1 Å². The molecule has 3 aromatic heterocycles. The summed E-state index contributed by atoms with van der Waals surface area (Å²) >= 11 is 7.65. The highest BCUT2D eigenvalue weighted by Crippen LogP contribution is 2.40. The predicted octanol–water partition coefficient (Wildman–Crippen LogP) is 6.81. The molecule has 9 nitrogen and oxygen atoms in total. The number of aromatic nitrogens is 4. The number of ether oxygens (including phenoxy) is 2. The highest BCUT2D eigenvalue weighted by molar-refractivity contribution is 7.21. The number of carboxylic acid groups (broad SMARTS) is 1. The molecule has 1 amide bonds. The molecule has 1 atom stereocenters. The van der Waals surface area contributed by atoms with Crippen LogP contribution in [0.1, 0.15) is 18.1 Å². The van der Waals surface area contributed by atoms with Gasteiger partial charge in [0.15, 0.2) is 11.6 Å². The second kappa shape index (κ2) is 10.8. The molecular formula is C27H22ClF2N5O4S. The standard InChI is InChI=1S/C27H22ClF2N5O4S/c1-12-5-16(23-17(6-12)33-20(38-4)10-31-23)26-34-24-19(40-26)8-18(22(29)21(24)28)39-11-14(3)35(27(36)37)15-7-13(2)25(30)32-9-15/h5-10,14H,11H2,1-4H3,(H,36,37). The van der Waals surface area contributed by atoms with Crippen LogP contribution in [0, 0.1) is 25.6 Å². The number of rotatable bonds is 7. The van der Waals surface area contributed by atoms with Crippen LogP contribution >= 0.6 is 22.9 Å². The van der Waals surface area contributed by atoms with E-state index in [2.05, 4.69) is 19.9 Å². The van der Waals surface area contributed by atoms with Crippen molar-refractivity contribution in [2.75, 3.05) is 18.6 Å². The molecule has 0 fully saturated rings. The normalized spacial score (nSPS) is 12.1. The molecule has 0 saturated heterocycles. The van der Waals surface area contributed by atoms with Crippen LogP contribution in [0.3, 0.4) is 0 Å². The summed E-state index contributed by atoms with van der Waals surface area (Å²) in [5, 5.41) is 10.1. The Morgan fingerprint density at radius 1 is 1.12 bits per heavy atom. The molecule has 2 aromatic carbocycles. The zero-order valence-corrected chi connectivity index (χ0v) is 23.3. The van der Waals surface area contributed by atoms with Crippen molar-refractivity contribution in [3.05, 3.63) is 64.6 Å². The summed E-state index contributed by atoms with van der Waals surface area (Å²) in [6, 6.07) is 5.86. The quantitative estimate of drug-likeness (QED) is 0.207. The first-order valence-corrected chi connectivity index (χ1v) is 13.1. The fourth-order valence-corrected chi connectivity index (χ4v) is 5.54. The van der Waals surface area contributed by atoms with Gasteiger partial charge in [-0.2, -0.15) is 4.39 Å². The highest BCUT2D eigenvalue weighted by Gasteiger charge is 2.25. The van der Waals surface area contributed by atoms with E-state index in [9.17, 15) is 14.3 Å². The van der Waals surface area contributed by atoms with Crippen molar-refractivity contribution in [3.63, 3.8) is 0 Å². The minimum atomic E-state index is -1.30. The van der Waals surface area contributed by atoms with Crippen molar-refractivity contribution in [1.29, 1.82) is 0 Å². The van der Waals surface area contributed by atoms with Crippen LogP contribution in [0.2, 0.25) is 5.02 Å². The first-order valence-electron chi connectivity index (χ1n) is 11.9. The summed E-state index contributed by atoms with van der Waals surface area (Å²) in [5.41, 5.74) is 3.47. The topological polar surface area (TPSA) is 111 Å². The first-order chi connectivity index (χ1) is 19.1. The van der Waals surface area contributed by atoms with Gasteiger partial charge in [0, 0.05) is 17.2 Å². The summed E-state index contributed by atoms with van der Waals surface area (Å²) in [4.78, 5) is 30.1. The Balaban J connectivity index is 1.47. The third kappa shape index (κ3) is 5.07. The SMILES string of the molecule is COc1cnc2c(-c3nc4c(Cl)c(F)c(OCC(C)N(C(=O)O)c5cnc(F)c(C)c5)cc4s3)cc(C)cc2n1. The van der Waals surface area contributed by atoms with E-state index in [0.29, 0.717) is 32.2 Å². The van der Waals surface area contributed by atoms with Gasteiger partial charge < -0.3 is 14.6 Å². The average molecular weight is 586 g/mol. The molecule has 3 heterocycles. The van der Waals surface area contributed by atoms with Crippen LogP contribution < -0.4 is 14.4 Å². The smallest absolute Gasteiger partial charge is 0.412 e. The number of thiazole rings is 1. The largest absolute Gasteiger partial charge is 0.488 e. The second-order valence-corrected chi connectivity index (χ2v) is 10.5. The molecule has 0 aliphatic heterocycles. The van der Waals surface area contributed by atoms with Crippen LogP contribution in [-0.4, -0.2) is 50.9 Å². The Morgan fingerprint density at radius 2 is 1.90 bits per heavy atom. The molecule has 0 bridgehead atoms. The molecule has 206 valence electrons. The lowest BCUT2D eigenvalue weighted by Crippen LogP contribution is -2.41. The number of carbonyl (C=O) groups is 1. The van der Waals surface area contributed by atoms with Crippen molar-refractivity contribution in [2.45, 2.75) is 26.8 Å². The molecule has 0 radical (unpaired) electrons. The molecule has 0 aliphatic rings. The fourth-order valence-electron chi connectivity index (χ4n) is 4.22. The average Bonchev–Trinajstić information content (AvgIpc) is 3.35. The minimum absolute atomic E-state index is 0.156. The Labute approximate surface area is 236 Å². The monoisotopic (exact) mass is 585 g/mol. The van der Waals surface area contributed by atoms with E-state index < -0.39 is 23.9 Å². The predicted molar refractivity (Wildman–Crippen MR) is 149 cm³/mol. The van der Waals surface area contributed by atoms with Gasteiger partial charge in [-0.1, -0.05) is 11.6 Å². The number of hydrogen-bond donors (Lipinski definition) is 1. The van der Waals surface area contributed by atoms with Crippen LogP contribution in [0.4, 0.5) is 19.3 Å². The summed E-state index contributed by atoms with van der Waals surface area (Å²) in [6.45, 7) is 4.76. The Morgan fingerprint density at radius 3 is 2.60 bits per heavy atom. The van der Waals surface area contributed by atoms with Gasteiger partial charge in [0.1, 0.15) is 22.2 Å². The summed E-state index contributed by atoms with van der Waals surface area (Å²) in [6.07, 6.45) is 1.33. The summed E-state index contributed by atoms with van der Waals surface area (Å²) < 4.78 is 40.3. The molecular weight excluding hydrogens is 564 g/mol. The van der Waals surface area contributed by atoms with Gasteiger partial charge in [-0.15, -0.1) is 11.3 Å². The maximum atomic E-state index is 15.3. The van der Waals surface area contributed by atoms with Crippen molar-refractivity contribution < 1.29 is 28.2 Å². The number of nitrogens with zero attached hydrogens (tertiary/aromatic N) is 5. The number of anilines is 1. The van der Waals surface area contributed by atoms with Gasteiger partial charge in [-0.25, -0.2) is 29.1 Å². The van der Waals surface area contributed by atoms with Gasteiger partial charge in [0.2, 0.25) is 11.8 Å². The maximum absolute atomic E-state index is 15.3. The lowest BCUT2D eigenvalue weighted by Gasteiger charge is -2.26. The highest BCUT2D eigenvalue weighted by atomic mass is 35.5. The van der Waals surface area contributed by atoms with Crippen LogP contribution in [0.15, 0.2) is 36.7 Å². The number of aryl methyl sites for hydroxylation is 2. The zero-order chi connectivity index (χ0) is 28.7. The Hall–Kier alpha value is -4.16. The molecule has 1 unspecified atom stereocenters. The maximum Gasteiger partial charge on any atom is 0.412 e. The molecule has 5 aromatic rings. The number of benzene rings is 2. The number of fused-ring (bicyclic) bond motifs is 2. The zero-order valence-electron chi connectivity index (χ0n) is 21.7. The lowest BCUT2D eigenvalue weighted by atomic mass is 10.1. The molecule has 1 N–H and O–H groups in total. The fraction of sp³-hybridized carbons (Fsp3) is 0.222. The van der Waals surface area contributed by atoms with E-state index in [4.69, 9.17) is 21.1 Å². The summed E-state index contributed by atoms with van der Waals surface area (Å²) in [7, 11) is 1.51. The molecule has 40 heavy (non-hydrogen) atoms. The Bertz CT molecular complexity index is 1780. The third-order valence-corrected chi connectivity index (χ3v) is 7.53. The van der Waals surface area contributed by atoms with E-state index in [-0.39, 0.29) is 34.1 Å². The van der Waals surface area contributed by atoms with Crippen LogP contribution in [0.5, 0.6) is 11.6 Å². The van der Waals surface area contributed by atoms with Gasteiger partial charge in [-0.05, 0) is 44.5 Å². The van der Waals surface area contributed by atoms with Crippen LogP contribution in [-0.2, 0) is 0 Å². The molecule has 0 aliphatic carbocycles. The number of pyridine rings is 1. The summed E-state index contributed by atoms with van der Waals surface area (Å²) in [5.74, 6) is -1.30. The molecule has 5 rings (SSSR count). The molecule has 0 spiro atoms. The van der Waals surface area contributed by atoms with E-state index >= 15 is 4.39 Å². The second-order valence-electron chi connectivity index (χ2n) is 9.07. The first kappa shape index (κ1) is 27.4. The van der Waals surface area contributed by atoms with E-state index in [1.54, 1.807) is 6.92 Å². The third-order valence-electron chi connectivity index (χ3n) is 6.15. The van der Waals surface area contributed by atoms with Crippen molar-refractivity contribution in [2.24, 2.45) is 0 Å². The van der Waals surface area contributed by atoms with Gasteiger partial charge in [0.25, 0.3) is 0 Å². The van der Waals surface area contributed by atoms with E-state index in [1.165, 1.54) is 43.7 Å². The van der Waals surface area contributed by atoms with Crippen molar-refractivity contribution >= 4 is 56.0 Å². The molecule has 0 saturated carbocycles. The number of halogens is 3. The number of hydrogen-bond acceptors (Lipinski definition) is 8. The van der Waals surface area contributed by atoms with Gasteiger partial charge in [-0.3, -0.25) is 4.90 Å². The van der Waals surface area contributed by atoms with Gasteiger partial charge in [0.05, 0.1) is 47.0 Å². The lowest BCUT2D eigenvalue weighted by molar-refractivity contribution is 0.194. The van der Waals surface area contributed by atoms with Crippen LogP contribution in [0.25, 0.3) is 31.8 Å². The number of amides is 1. The van der Waals surface area contributed by atoms with Gasteiger partial charge >= 0.3 is 6.09 Å². The van der Waals surface area contributed by atoms with Crippen molar-refractivity contribution in [3.8, 4) is 22.2 Å². The number of methoxy groups -OCH3 is 1. The van der Waals surface area contributed by atoms with E-state index in [0.717, 1.165) is 16.7 Å². The Kier molecular flexibility index (Phi) is 7.39. The minimum Gasteiger partial charge on any atom is -0.488 e.